The number of carbonyl (C=O) groups excluding carboxylic acids is 1. The third kappa shape index (κ3) is 4.23. The fourth-order valence-corrected chi connectivity index (χ4v) is 4.22. The highest BCUT2D eigenvalue weighted by atomic mass is 32.1. The molecule has 0 saturated heterocycles. The highest BCUT2D eigenvalue weighted by molar-refractivity contribution is 7.14. The molecule has 2 rings (SSSR count). The van der Waals surface area contributed by atoms with Crippen LogP contribution < -0.4 is 5.32 Å². The first-order valence-corrected chi connectivity index (χ1v) is 8.97. The summed E-state index contributed by atoms with van der Waals surface area (Å²) in [5, 5.41) is 6.47. The van der Waals surface area contributed by atoms with Crippen molar-refractivity contribution < 1.29 is 9.53 Å². The first-order valence-electron chi connectivity index (χ1n) is 8.09. The van der Waals surface area contributed by atoms with Gasteiger partial charge < -0.3 is 15.0 Å². The number of hydrogen-bond donors (Lipinski definition) is 1. The summed E-state index contributed by atoms with van der Waals surface area (Å²) in [5.74, 6) is 0.591. The standard InChI is InChI=1S/C17H28N2O2S/c1-12-15(17(20)21-4)11-22-16(12)18-10-9-13-5-7-14(8-6-13)19(2)3/h11,13-14,18H,5-10H2,1-4H3. The van der Waals surface area contributed by atoms with Gasteiger partial charge in [-0.05, 0) is 64.6 Å². The van der Waals surface area contributed by atoms with Gasteiger partial charge in [-0.3, -0.25) is 0 Å². The topological polar surface area (TPSA) is 41.6 Å². The van der Waals surface area contributed by atoms with Crippen molar-refractivity contribution >= 4 is 22.3 Å². The molecule has 0 atom stereocenters. The summed E-state index contributed by atoms with van der Waals surface area (Å²) in [6, 6.07) is 0.770. The number of hydrogen-bond acceptors (Lipinski definition) is 5. The zero-order chi connectivity index (χ0) is 16.1. The Morgan fingerprint density at radius 1 is 1.36 bits per heavy atom. The van der Waals surface area contributed by atoms with Crippen molar-refractivity contribution in [1.82, 2.24) is 4.90 Å². The van der Waals surface area contributed by atoms with Crippen molar-refractivity contribution in [2.75, 3.05) is 33.1 Å². The number of rotatable bonds is 6. The molecule has 1 saturated carbocycles. The smallest absolute Gasteiger partial charge is 0.339 e. The van der Waals surface area contributed by atoms with Crippen LogP contribution in [0.25, 0.3) is 0 Å². The molecule has 0 amide bonds. The second-order valence-electron chi connectivity index (χ2n) is 6.45. The second-order valence-corrected chi connectivity index (χ2v) is 7.33. The molecule has 0 bridgehead atoms. The van der Waals surface area contributed by atoms with E-state index >= 15 is 0 Å². The Labute approximate surface area is 137 Å². The Balaban J connectivity index is 1.76. The van der Waals surface area contributed by atoms with Gasteiger partial charge in [0, 0.05) is 18.0 Å². The van der Waals surface area contributed by atoms with E-state index in [0.717, 1.165) is 29.1 Å². The van der Waals surface area contributed by atoms with E-state index in [1.54, 1.807) is 11.3 Å². The zero-order valence-electron chi connectivity index (χ0n) is 14.1. The van der Waals surface area contributed by atoms with Crippen LogP contribution in [0.5, 0.6) is 0 Å². The average molecular weight is 324 g/mol. The molecule has 1 aliphatic carbocycles. The molecule has 0 aromatic carbocycles. The molecule has 5 heteroatoms. The van der Waals surface area contributed by atoms with Crippen molar-refractivity contribution in [1.29, 1.82) is 0 Å². The molecule has 1 N–H and O–H groups in total. The van der Waals surface area contributed by atoms with Gasteiger partial charge in [0.1, 0.15) is 0 Å². The van der Waals surface area contributed by atoms with Gasteiger partial charge in [-0.2, -0.15) is 0 Å². The molecule has 1 aromatic heterocycles. The molecule has 0 unspecified atom stereocenters. The molecule has 1 aromatic rings. The van der Waals surface area contributed by atoms with E-state index in [2.05, 4.69) is 24.3 Å². The van der Waals surface area contributed by atoms with Crippen LogP contribution in [0.4, 0.5) is 5.00 Å². The number of methoxy groups -OCH3 is 1. The lowest BCUT2D eigenvalue weighted by Gasteiger charge is -2.32. The van der Waals surface area contributed by atoms with Gasteiger partial charge in [0.2, 0.25) is 0 Å². The Hall–Kier alpha value is -1.07. The van der Waals surface area contributed by atoms with Crippen LogP contribution in [0.3, 0.4) is 0 Å². The minimum atomic E-state index is -0.246. The van der Waals surface area contributed by atoms with E-state index in [0.29, 0.717) is 5.56 Å². The summed E-state index contributed by atoms with van der Waals surface area (Å²) in [7, 11) is 5.80. The molecule has 0 spiro atoms. The normalized spacial score (nSPS) is 21.9. The predicted molar refractivity (Wildman–Crippen MR) is 92.9 cm³/mol. The van der Waals surface area contributed by atoms with Crippen molar-refractivity contribution in [2.24, 2.45) is 5.92 Å². The van der Waals surface area contributed by atoms with E-state index in [9.17, 15) is 4.79 Å². The van der Waals surface area contributed by atoms with Crippen LogP contribution in [0.1, 0.15) is 48.0 Å². The van der Waals surface area contributed by atoms with E-state index < -0.39 is 0 Å². The largest absolute Gasteiger partial charge is 0.465 e. The number of ether oxygens (including phenoxy) is 1. The summed E-state index contributed by atoms with van der Waals surface area (Å²) in [6.07, 6.45) is 6.53. The fraction of sp³-hybridized carbons (Fsp3) is 0.706. The maximum absolute atomic E-state index is 11.6. The van der Waals surface area contributed by atoms with Gasteiger partial charge in [0.15, 0.2) is 0 Å². The Bertz CT molecular complexity index is 491. The number of carbonyl (C=O) groups is 1. The maximum atomic E-state index is 11.6. The third-order valence-corrected chi connectivity index (χ3v) is 5.87. The molecule has 0 radical (unpaired) electrons. The molecule has 124 valence electrons. The highest BCUT2D eigenvalue weighted by Crippen LogP contribution is 2.30. The van der Waals surface area contributed by atoms with Gasteiger partial charge in [0.05, 0.1) is 17.7 Å². The van der Waals surface area contributed by atoms with Crippen molar-refractivity contribution in [3.63, 3.8) is 0 Å². The molecule has 22 heavy (non-hydrogen) atoms. The number of anilines is 1. The summed E-state index contributed by atoms with van der Waals surface area (Å²) in [6.45, 7) is 2.96. The quantitative estimate of drug-likeness (QED) is 0.809. The number of nitrogens with zero attached hydrogens (tertiary/aromatic N) is 1. The zero-order valence-corrected chi connectivity index (χ0v) is 15.0. The minimum Gasteiger partial charge on any atom is -0.465 e. The first-order chi connectivity index (χ1) is 10.5. The second kappa shape index (κ2) is 7.97. The van der Waals surface area contributed by atoms with Gasteiger partial charge in [0.25, 0.3) is 0 Å². The minimum absolute atomic E-state index is 0.246. The molecular formula is C17H28N2O2S. The number of nitrogens with one attached hydrogen (secondary N) is 1. The van der Waals surface area contributed by atoms with E-state index in [1.807, 2.05) is 12.3 Å². The maximum Gasteiger partial charge on any atom is 0.339 e. The van der Waals surface area contributed by atoms with Crippen LogP contribution >= 0.6 is 11.3 Å². The highest BCUT2D eigenvalue weighted by Gasteiger charge is 2.22. The molecule has 4 nitrogen and oxygen atoms in total. The van der Waals surface area contributed by atoms with E-state index in [4.69, 9.17) is 4.74 Å². The van der Waals surface area contributed by atoms with Crippen molar-refractivity contribution in [3.05, 3.63) is 16.5 Å². The fourth-order valence-electron chi connectivity index (χ4n) is 3.24. The average Bonchev–Trinajstić information content (AvgIpc) is 2.88. The van der Waals surface area contributed by atoms with Crippen LogP contribution in [0.15, 0.2) is 5.38 Å². The molecule has 1 aliphatic rings. The number of esters is 1. The van der Waals surface area contributed by atoms with Crippen LogP contribution in [0, 0.1) is 12.8 Å². The van der Waals surface area contributed by atoms with Crippen LogP contribution in [-0.4, -0.2) is 44.7 Å². The van der Waals surface area contributed by atoms with Gasteiger partial charge >= 0.3 is 5.97 Å². The molecular weight excluding hydrogens is 296 g/mol. The Kier molecular flexibility index (Phi) is 6.26. The summed E-state index contributed by atoms with van der Waals surface area (Å²) in [5.41, 5.74) is 1.69. The SMILES string of the molecule is COC(=O)c1csc(NCCC2CCC(N(C)C)CC2)c1C. The predicted octanol–water partition coefficient (Wildman–Crippen LogP) is 3.77. The monoisotopic (exact) mass is 324 g/mol. The first kappa shape index (κ1) is 17.3. The lowest BCUT2D eigenvalue weighted by atomic mass is 9.84. The third-order valence-electron chi connectivity index (χ3n) is 4.83. The Morgan fingerprint density at radius 3 is 2.64 bits per heavy atom. The molecule has 1 heterocycles. The molecule has 1 fully saturated rings. The van der Waals surface area contributed by atoms with Gasteiger partial charge in [-0.1, -0.05) is 0 Å². The summed E-state index contributed by atoms with van der Waals surface area (Å²) >= 11 is 1.59. The van der Waals surface area contributed by atoms with Gasteiger partial charge in [-0.15, -0.1) is 11.3 Å². The Morgan fingerprint density at radius 2 is 2.05 bits per heavy atom. The lowest BCUT2D eigenvalue weighted by molar-refractivity contribution is 0.0600. The van der Waals surface area contributed by atoms with E-state index in [-0.39, 0.29) is 5.97 Å². The van der Waals surface area contributed by atoms with Crippen molar-refractivity contribution in [3.8, 4) is 0 Å². The number of thiophene rings is 1. The molecule has 0 aliphatic heterocycles. The van der Waals surface area contributed by atoms with Gasteiger partial charge in [-0.25, -0.2) is 4.79 Å². The lowest BCUT2D eigenvalue weighted by Crippen LogP contribution is -2.32. The van der Waals surface area contributed by atoms with Crippen LogP contribution in [-0.2, 0) is 4.74 Å². The van der Waals surface area contributed by atoms with Crippen molar-refractivity contribution in [2.45, 2.75) is 45.1 Å². The summed E-state index contributed by atoms with van der Waals surface area (Å²) < 4.78 is 4.80. The summed E-state index contributed by atoms with van der Waals surface area (Å²) in [4.78, 5) is 14.0. The van der Waals surface area contributed by atoms with E-state index in [1.165, 1.54) is 39.2 Å². The van der Waals surface area contributed by atoms with Crippen LogP contribution in [0.2, 0.25) is 0 Å².